The number of carbonyl (C=O) groups is 1. The van der Waals surface area contributed by atoms with Gasteiger partial charge in [-0.25, -0.2) is 4.98 Å². The van der Waals surface area contributed by atoms with Crippen molar-refractivity contribution in [3.8, 4) is 0 Å². The van der Waals surface area contributed by atoms with E-state index < -0.39 is 16.4 Å². The lowest BCUT2D eigenvalue weighted by molar-refractivity contribution is -0.132. The van der Waals surface area contributed by atoms with Crippen LogP contribution in [0.3, 0.4) is 0 Å². The normalized spacial score (nSPS) is 24.6. The Kier molecular flexibility index (Phi) is 5.86. The molecule has 0 aliphatic carbocycles. The Labute approximate surface area is 196 Å². The number of likely N-dealkylation sites (tertiary alicyclic amines) is 1. The summed E-state index contributed by atoms with van der Waals surface area (Å²) >= 11 is 0. The number of anilines is 2. The number of likely N-dealkylation sites (N-methyl/N-ethyl adjacent to an activating group) is 1. The number of hydrogen-bond donors (Lipinski definition) is 2. The lowest BCUT2D eigenvalue weighted by atomic mass is 9.84. The highest BCUT2D eigenvalue weighted by atomic mass is 32.2. The van der Waals surface area contributed by atoms with Gasteiger partial charge >= 0.3 is 0 Å². The molecule has 1 amide bonds. The summed E-state index contributed by atoms with van der Waals surface area (Å²) in [6, 6.07) is 8.18. The molecule has 5 rings (SSSR count). The highest BCUT2D eigenvalue weighted by molar-refractivity contribution is 7.85. The maximum absolute atomic E-state index is 12.7. The highest BCUT2D eigenvalue weighted by Crippen LogP contribution is 2.36. The molecule has 1 aromatic heterocycles. The smallest absolute Gasteiger partial charge is 0.227 e. The Bertz CT molecular complexity index is 1080. The minimum absolute atomic E-state index is 0.0742. The fourth-order valence-corrected chi connectivity index (χ4v) is 6.29. The van der Waals surface area contributed by atoms with E-state index in [2.05, 4.69) is 10.2 Å². The maximum atomic E-state index is 12.7. The van der Waals surface area contributed by atoms with Crippen LogP contribution in [0.25, 0.3) is 0 Å². The van der Waals surface area contributed by atoms with E-state index in [0.29, 0.717) is 67.7 Å². The standard InChI is InChI=1S/C24H31N5O3S/c1-16-3-5-17(6-4-16)24(31)10-12-29(13-11-24)23-26-19-9-14-33(32)21(19)22(27-23)25-18-7-8-20(30)28(2)15-18/h3-6,18,31H,7-15H2,1-2H3,(H,25,26,27)/t18-,33?/m0/s1. The van der Waals surface area contributed by atoms with Crippen molar-refractivity contribution in [1.29, 1.82) is 0 Å². The lowest BCUT2D eigenvalue weighted by Crippen LogP contribution is -2.44. The Morgan fingerprint density at radius 2 is 1.88 bits per heavy atom. The minimum Gasteiger partial charge on any atom is -0.385 e. The van der Waals surface area contributed by atoms with Crippen molar-refractivity contribution in [2.24, 2.45) is 0 Å². The molecule has 2 N–H and O–H groups in total. The van der Waals surface area contributed by atoms with Crippen LogP contribution in [0.5, 0.6) is 0 Å². The molecule has 3 aliphatic rings. The summed E-state index contributed by atoms with van der Waals surface area (Å²) in [5.41, 5.74) is 2.14. The van der Waals surface area contributed by atoms with Gasteiger partial charge in [0.25, 0.3) is 0 Å². The van der Waals surface area contributed by atoms with Gasteiger partial charge in [0.05, 0.1) is 22.1 Å². The average molecular weight is 470 g/mol. The van der Waals surface area contributed by atoms with Gasteiger partial charge in [-0.05, 0) is 31.7 Å². The van der Waals surface area contributed by atoms with Crippen LogP contribution in [-0.4, -0.2) is 68.6 Å². The number of benzene rings is 1. The second-order valence-electron chi connectivity index (χ2n) is 9.49. The van der Waals surface area contributed by atoms with Crippen molar-refractivity contribution in [3.63, 3.8) is 0 Å². The number of hydrogen-bond acceptors (Lipinski definition) is 7. The number of aromatic nitrogens is 2. The molecule has 0 saturated carbocycles. The molecule has 2 atom stereocenters. The third-order valence-corrected chi connectivity index (χ3v) is 8.56. The van der Waals surface area contributed by atoms with Crippen LogP contribution < -0.4 is 10.2 Å². The lowest BCUT2D eigenvalue weighted by Gasteiger charge is -2.39. The van der Waals surface area contributed by atoms with E-state index in [1.54, 1.807) is 4.90 Å². The van der Waals surface area contributed by atoms with E-state index in [-0.39, 0.29) is 11.9 Å². The maximum Gasteiger partial charge on any atom is 0.227 e. The minimum atomic E-state index is -1.11. The Morgan fingerprint density at radius 1 is 1.15 bits per heavy atom. The molecule has 2 saturated heterocycles. The van der Waals surface area contributed by atoms with Crippen molar-refractivity contribution in [3.05, 3.63) is 41.1 Å². The molecule has 3 aliphatic heterocycles. The Balaban J connectivity index is 1.36. The van der Waals surface area contributed by atoms with Gasteiger partial charge in [-0.2, -0.15) is 4.98 Å². The van der Waals surface area contributed by atoms with E-state index >= 15 is 0 Å². The first-order valence-corrected chi connectivity index (χ1v) is 13.0. The molecule has 8 nitrogen and oxygen atoms in total. The van der Waals surface area contributed by atoms with Crippen LogP contribution in [0, 0.1) is 6.92 Å². The third kappa shape index (κ3) is 4.36. The number of aryl methyl sites for hydroxylation is 2. The summed E-state index contributed by atoms with van der Waals surface area (Å²) in [4.78, 5) is 26.0. The van der Waals surface area contributed by atoms with E-state index in [1.807, 2.05) is 38.2 Å². The van der Waals surface area contributed by atoms with Crippen LogP contribution in [0.2, 0.25) is 0 Å². The predicted octanol–water partition coefficient (Wildman–Crippen LogP) is 1.97. The fraction of sp³-hybridized carbons (Fsp3) is 0.542. The molecule has 0 bridgehead atoms. The number of rotatable bonds is 4. The summed E-state index contributed by atoms with van der Waals surface area (Å²) < 4.78 is 12.7. The second kappa shape index (κ2) is 8.68. The molecule has 1 aromatic carbocycles. The molecular formula is C24H31N5O3S. The number of fused-ring (bicyclic) bond motifs is 1. The summed E-state index contributed by atoms with van der Waals surface area (Å²) in [7, 11) is 0.704. The third-order valence-electron chi connectivity index (χ3n) is 7.11. The first kappa shape index (κ1) is 22.3. The van der Waals surface area contributed by atoms with E-state index in [4.69, 9.17) is 9.97 Å². The number of amides is 1. The van der Waals surface area contributed by atoms with Gasteiger partial charge in [0.15, 0.2) is 0 Å². The van der Waals surface area contributed by atoms with E-state index in [1.165, 1.54) is 5.56 Å². The van der Waals surface area contributed by atoms with Crippen LogP contribution in [0.15, 0.2) is 29.2 Å². The fourth-order valence-electron chi connectivity index (χ4n) is 4.98. The molecule has 9 heteroatoms. The van der Waals surface area contributed by atoms with Gasteiger partial charge in [0, 0.05) is 51.3 Å². The summed E-state index contributed by atoms with van der Waals surface area (Å²) in [5.74, 6) is 1.98. The van der Waals surface area contributed by atoms with Crippen molar-refractivity contribution in [2.75, 3.05) is 42.7 Å². The van der Waals surface area contributed by atoms with Crippen LogP contribution >= 0.6 is 0 Å². The SMILES string of the molecule is Cc1ccc(C2(O)CCN(c3nc4c(c(N[C@H]5CCC(=O)N(C)C5)n3)S(=O)CC4)CC2)cc1. The number of carbonyl (C=O) groups excluding carboxylic acids is 1. The first-order chi connectivity index (χ1) is 15.8. The van der Waals surface area contributed by atoms with E-state index in [9.17, 15) is 14.1 Å². The van der Waals surface area contributed by atoms with Crippen LogP contribution in [-0.2, 0) is 27.6 Å². The summed E-state index contributed by atoms with van der Waals surface area (Å²) in [5, 5.41) is 14.7. The molecule has 176 valence electrons. The molecule has 0 radical (unpaired) electrons. The molecule has 33 heavy (non-hydrogen) atoms. The van der Waals surface area contributed by atoms with Gasteiger partial charge in [-0.3, -0.25) is 9.00 Å². The highest BCUT2D eigenvalue weighted by Gasteiger charge is 2.36. The number of aliphatic hydroxyl groups is 1. The predicted molar refractivity (Wildman–Crippen MR) is 128 cm³/mol. The largest absolute Gasteiger partial charge is 0.385 e. The summed E-state index contributed by atoms with van der Waals surface area (Å²) in [6.07, 6.45) is 3.11. The topological polar surface area (TPSA) is 98.7 Å². The molecule has 0 spiro atoms. The number of nitrogens with zero attached hydrogens (tertiary/aromatic N) is 4. The number of piperidine rings is 2. The average Bonchev–Trinajstić information content (AvgIpc) is 3.18. The molecular weight excluding hydrogens is 438 g/mol. The van der Waals surface area contributed by atoms with E-state index in [0.717, 1.165) is 17.7 Å². The zero-order valence-electron chi connectivity index (χ0n) is 19.2. The number of nitrogens with one attached hydrogen (secondary N) is 1. The van der Waals surface area contributed by atoms with Crippen molar-refractivity contribution in [2.45, 2.75) is 55.6 Å². The van der Waals surface area contributed by atoms with Crippen LogP contribution in [0.4, 0.5) is 11.8 Å². The zero-order valence-corrected chi connectivity index (χ0v) is 20.0. The van der Waals surface area contributed by atoms with Crippen LogP contribution in [0.1, 0.15) is 42.5 Å². The van der Waals surface area contributed by atoms with Gasteiger partial charge < -0.3 is 20.2 Å². The van der Waals surface area contributed by atoms with Gasteiger partial charge in [0.1, 0.15) is 10.7 Å². The molecule has 2 fully saturated rings. The summed E-state index contributed by atoms with van der Waals surface area (Å²) in [6.45, 7) is 3.94. The van der Waals surface area contributed by atoms with Gasteiger partial charge in [-0.15, -0.1) is 0 Å². The van der Waals surface area contributed by atoms with Gasteiger partial charge in [-0.1, -0.05) is 29.8 Å². The van der Waals surface area contributed by atoms with Gasteiger partial charge in [0.2, 0.25) is 11.9 Å². The quantitative estimate of drug-likeness (QED) is 0.706. The van der Waals surface area contributed by atoms with Crippen molar-refractivity contribution in [1.82, 2.24) is 14.9 Å². The molecule has 4 heterocycles. The second-order valence-corrected chi connectivity index (χ2v) is 11.0. The van der Waals surface area contributed by atoms with Crippen molar-refractivity contribution < 1.29 is 14.1 Å². The Hall–Kier alpha value is -2.52. The first-order valence-electron chi connectivity index (χ1n) is 11.7. The Morgan fingerprint density at radius 3 is 2.58 bits per heavy atom. The molecule has 2 aromatic rings. The zero-order chi connectivity index (χ0) is 23.2. The molecule has 1 unspecified atom stereocenters. The monoisotopic (exact) mass is 469 g/mol. The van der Waals surface area contributed by atoms with Crippen molar-refractivity contribution >= 4 is 28.5 Å².